The van der Waals surface area contributed by atoms with Gasteiger partial charge in [-0.05, 0) is 73.2 Å². The summed E-state index contributed by atoms with van der Waals surface area (Å²) in [5.41, 5.74) is 5.05. The van der Waals surface area contributed by atoms with Crippen molar-refractivity contribution in [1.82, 2.24) is 5.43 Å². The number of hydrazone groups is 1. The lowest BCUT2D eigenvalue weighted by atomic mass is 10.2. The quantitative estimate of drug-likeness (QED) is 0.281. The van der Waals surface area contributed by atoms with E-state index in [9.17, 15) is 14.4 Å². The van der Waals surface area contributed by atoms with Gasteiger partial charge in [0.15, 0.2) is 6.61 Å². The lowest BCUT2D eigenvalue weighted by Gasteiger charge is -2.08. The van der Waals surface area contributed by atoms with Gasteiger partial charge in [0.1, 0.15) is 5.75 Å². The van der Waals surface area contributed by atoms with Crippen molar-refractivity contribution < 1.29 is 19.1 Å². The molecule has 0 spiro atoms. The zero-order valence-electron chi connectivity index (χ0n) is 17.7. The molecule has 9 heteroatoms. The molecule has 0 unspecified atom stereocenters. The largest absolute Gasteiger partial charge is 0.484 e. The van der Waals surface area contributed by atoms with Gasteiger partial charge in [0.2, 0.25) is 0 Å². The highest BCUT2D eigenvalue weighted by molar-refractivity contribution is 6.39. The number of ether oxygens (including phenoxy) is 1. The molecule has 0 fully saturated rings. The second-order valence-corrected chi connectivity index (χ2v) is 7.37. The molecule has 3 amide bonds. The molecule has 0 aliphatic rings. The molecule has 0 aliphatic heterocycles. The van der Waals surface area contributed by atoms with Crippen LogP contribution in [0.3, 0.4) is 0 Å². The Bertz CT molecular complexity index is 1140. The molecule has 0 saturated heterocycles. The van der Waals surface area contributed by atoms with Crippen LogP contribution in [0.2, 0.25) is 5.02 Å². The summed E-state index contributed by atoms with van der Waals surface area (Å²) in [7, 11) is 0. The standard InChI is InChI=1S/C24H21ClN4O4/c1-16-2-8-19(9-3-16)27-22(30)15-33-21-12-4-17(5-13-21)14-26-29-24(32)23(31)28-20-10-6-18(25)7-11-20/h2-14H,15H2,1H3,(H,27,30)(H,28,31)(H,29,32)/b26-14-. The van der Waals surface area contributed by atoms with E-state index in [1.54, 1.807) is 48.5 Å². The maximum atomic E-state index is 12.0. The van der Waals surface area contributed by atoms with Gasteiger partial charge in [-0.3, -0.25) is 14.4 Å². The van der Waals surface area contributed by atoms with Gasteiger partial charge in [-0.1, -0.05) is 29.3 Å². The number of amides is 3. The first kappa shape index (κ1) is 23.5. The van der Waals surface area contributed by atoms with Crippen LogP contribution in [0.1, 0.15) is 11.1 Å². The molecule has 0 bridgehead atoms. The first-order valence-electron chi connectivity index (χ1n) is 9.88. The number of hydrogen-bond donors (Lipinski definition) is 3. The van der Waals surface area contributed by atoms with E-state index in [1.165, 1.54) is 6.21 Å². The minimum absolute atomic E-state index is 0.139. The molecule has 0 saturated carbocycles. The summed E-state index contributed by atoms with van der Waals surface area (Å²) in [4.78, 5) is 35.7. The van der Waals surface area contributed by atoms with E-state index in [0.29, 0.717) is 27.7 Å². The Labute approximate surface area is 195 Å². The Morgan fingerprint density at radius 1 is 0.848 bits per heavy atom. The first-order chi connectivity index (χ1) is 15.9. The Morgan fingerprint density at radius 3 is 2.12 bits per heavy atom. The fourth-order valence-electron chi connectivity index (χ4n) is 2.57. The van der Waals surface area contributed by atoms with Gasteiger partial charge < -0.3 is 15.4 Å². The van der Waals surface area contributed by atoms with Gasteiger partial charge in [-0.2, -0.15) is 5.10 Å². The predicted octanol–water partition coefficient (Wildman–Crippen LogP) is 3.75. The molecule has 33 heavy (non-hydrogen) atoms. The molecule has 3 N–H and O–H groups in total. The highest BCUT2D eigenvalue weighted by atomic mass is 35.5. The van der Waals surface area contributed by atoms with Crippen molar-refractivity contribution in [3.63, 3.8) is 0 Å². The van der Waals surface area contributed by atoms with Crippen LogP contribution < -0.4 is 20.8 Å². The van der Waals surface area contributed by atoms with Crippen molar-refractivity contribution in [2.24, 2.45) is 5.10 Å². The van der Waals surface area contributed by atoms with Gasteiger partial charge >= 0.3 is 11.8 Å². The summed E-state index contributed by atoms with van der Waals surface area (Å²) in [6.07, 6.45) is 1.38. The molecule has 3 aromatic rings. The van der Waals surface area contributed by atoms with E-state index < -0.39 is 11.8 Å². The van der Waals surface area contributed by atoms with Crippen molar-refractivity contribution in [2.45, 2.75) is 6.92 Å². The SMILES string of the molecule is Cc1ccc(NC(=O)COc2ccc(/C=N\NC(=O)C(=O)Nc3ccc(Cl)cc3)cc2)cc1. The average molecular weight is 465 g/mol. The zero-order chi connectivity index (χ0) is 23.6. The third kappa shape index (κ3) is 7.79. The van der Waals surface area contributed by atoms with Crippen molar-refractivity contribution >= 4 is 46.9 Å². The van der Waals surface area contributed by atoms with Gasteiger partial charge in [0, 0.05) is 16.4 Å². The summed E-state index contributed by atoms with van der Waals surface area (Å²) >= 11 is 5.78. The Kier molecular flexibility index (Phi) is 8.15. The van der Waals surface area contributed by atoms with E-state index in [0.717, 1.165) is 5.56 Å². The lowest BCUT2D eigenvalue weighted by molar-refractivity contribution is -0.136. The molecule has 0 aromatic heterocycles. The number of carbonyl (C=O) groups is 3. The summed E-state index contributed by atoms with van der Waals surface area (Å²) < 4.78 is 5.47. The van der Waals surface area contributed by atoms with Gasteiger partial charge in [-0.25, -0.2) is 5.43 Å². The summed E-state index contributed by atoms with van der Waals surface area (Å²) in [5, 5.41) is 9.47. The number of aryl methyl sites for hydroxylation is 1. The number of rotatable bonds is 7. The first-order valence-corrected chi connectivity index (χ1v) is 10.3. The van der Waals surface area contributed by atoms with Crippen LogP contribution in [0.15, 0.2) is 77.9 Å². The number of anilines is 2. The van der Waals surface area contributed by atoms with E-state index >= 15 is 0 Å². The molecule has 0 heterocycles. The zero-order valence-corrected chi connectivity index (χ0v) is 18.4. The Balaban J connectivity index is 1.42. The summed E-state index contributed by atoms with van der Waals surface area (Å²) in [6.45, 7) is 1.83. The number of halogens is 1. The molecule has 3 rings (SSSR count). The molecular weight excluding hydrogens is 444 g/mol. The molecule has 168 valence electrons. The molecule has 0 atom stereocenters. The molecular formula is C24H21ClN4O4. The summed E-state index contributed by atoms with van der Waals surface area (Å²) in [5.74, 6) is -1.55. The van der Waals surface area contributed by atoms with Crippen LogP contribution in [-0.2, 0) is 14.4 Å². The normalized spacial score (nSPS) is 10.5. The van der Waals surface area contributed by atoms with Crippen LogP contribution in [-0.4, -0.2) is 30.5 Å². The topological polar surface area (TPSA) is 109 Å². The fourth-order valence-corrected chi connectivity index (χ4v) is 2.70. The monoisotopic (exact) mass is 464 g/mol. The summed E-state index contributed by atoms with van der Waals surface area (Å²) in [6, 6.07) is 20.5. The van der Waals surface area contributed by atoms with E-state index in [4.69, 9.17) is 16.3 Å². The second kappa shape index (κ2) is 11.4. The van der Waals surface area contributed by atoms with E-state index in [2.05, 4.69) is 21.2 Å². The number of carbonyl (C=O) groups excluding carboxylic acids is 3. The minimum atomic E-state index is -0.916. The Hall–Kier alpha value is -4.17. The highest BCUT2D eigenvalue weighted by Crippen LogP contribution is 2.14. The molecule has 0 radical (unpaired) electrons. The van der Waals surface area contributed by atoms with Crippen molar-refractivity contribution in [3.8, 4) is 5.75 Å². The second-order valence-electron chi connectivity index (χ2n) is 6.93. The average Bonchev–Trinajstić information content (AvgIpc) is 2.81. The number of nitrogens with zero attached hydrogens (tertiary/aromatic N) is 1. The van der Waals surface area contributed by atoms with Crippen LogP contribution in [0.5, 0.6) is 5.75 Å². The Morgan fingerprint density at radius 2 is 1.45 bits per heavy atom. The molecule has 0 aliphatic carbocycles. The van der Waals surface area contributed by atoms with E-state index in [-0.39, 0.29) is 12.5 Å². The lowest BCUT2D eigenvalue weighted by Crippen LogP contribution is -2.32. The van der Waals surface area contributed by atoms with Crippen molar-refractivity contribution in [1.29, 1.82) is 0 Å². The fraction of sp³-hybridized carbons (Fsp3) is 0.0833. The van der Waals surface area contributed by atoms with Crippen molar-refractivity contribution in [2.75, 3.05) is 17.2 Å². The van der Waals surface area contributed by atoms with Crippen molar-refractivity contribution in [3.05, 3.63) is 88.9 Å². The highest BCUT2D eigenvalue weighted by Gasteiger charge is 2.12. The third-order valence-electron chi connectivity index (χ3n) is 4.27. The number of hydrogen-bond acceptors (Lipinski definition) is 5. The maximum Gasteiger partial charge on any atom is 0.329 e. The minimum Gasteiger partial charge on any atom is -0.484 e. The van der Waals surface area contributed by atoms with Crippen LogP contribution >= 0.6 is 11.6 Å². The van der Waals surface area contributed by atoms with E-state index in [1.807, 2.05) is 31.2 Å². The molecule has 3 aromatic carbocycles. The van der Waals surface area contributed by atoms with Gasteiger partial charge in [-0.15, -0.1) is 0 Å². The van der Waals surface area contributed by atoms with Gasteiger partial charge in [0.05, 0.1) is 6.21 Å². The number of benzene rings is 3. The molecule has 8 nitrogen and oxygen atoms in total. The number of nitrogens with one attached hydrogen (secondary N) is 3. The third-order valence-corrected chi connectivity index (χ3v) is 4.53. The van der Waals surface area contributed by atoms with Crippen LogP contribution in [0.4, 0.5) is 11.4 Å². The van der Waals surface area contributed by atoms with Crippen LogP contribution in [0, 0.1) is 6.92 Å². The van der Waals surface area contributed by atoms with Gasteiger partial charge in [0.25, 0.3) is 5.91 Å². The maximum absolute atomic E-state index is 12.0. The predicted molar refractivity (Wildman–Crippen MR) is 128 cm³/mol. The smallest absolute Gasteiger partial charge is 0.329 e. The van der Waals surface area contributed by atoms with Crippen LogP contribution in [0.25, 0.3) is 0 Å².